The van der Waals surface area contributed by atoms with E-state index in [1.54, 1.807) is 11.0 Å². The molecule has 2 amide bonds. The van der Waals surface area contributed by atoms with Crippen LogP contribution in [0.5, 0.6) is 5.75 Å². The molecule has 2 aromatic rings. The molecule has 2 N–H and O–H groups in total. The van der Waals surface area contributed by atoms with E-state index in [1.807, 2.05) is 23.1 Å². The van der Waals surface area contributed by atoms with Crippen LogP contribution in [0.4, 0.5) is 21.5 Å². The van der Waals surface area contributed by atoms with Gasteiger partial charge in [0.15, 0.2) is 12.4 Å². The standard InChI is InChI=1S/C25H25FN4O5/c26-17-4-1-14-2-6-21(32)29-11-15(22(17)23(14)29)10-27-8-7-25-13-30(24(34-25)35-25)16-3-5-19-18(9-16)28-20(31)12-33-19/h1,3-5,9,15,24,27H,2,6-8,10-13H2,(H,28,31). The highest BCUT2D eigenvalue weighted by molar-refractivity contribution is 5.99. The largest absolute Gasteiger partial charge is 0.482 e. The van der Waals surface area contributed by atoms with Gasteiger partial charge in [-0.1, -0.05) is 6.07 Å². The maximum absolute atomic E-state index is 14.7. The quantitative estimate of drug-likeness (QED) is 0.612. The maximum Gasteiger partial charge on any atom is 0.262 e. The first-order valence-electron chi connectivity index (χ1n) is 12.0. The first kappa shape index (κ1) is 21.1. The summed E-state index contributed by atoms with van der Waals surface area (Å²) in [5.74, 6) is -0.456. The van der Waals surface area contributed by atoms with Crippen LogP contribution in [0.2, 0.25) is 0 Å². The molecule has 8 rings (SSSR count). The molecule has 3 saturated heterocycles. The number of anilines is 3. The van der Waals surface area contributed by atoms with Crippen LogP contribution >= 0.6 is 0 Å². The van der Waals surface area contributed by atoms with Gasteiger partial charge in [-0.2, -0.15) is 0 Å². The Labute approximate surface area is 201 Å². The second kappa shape index (κ2) is 7.64. The number of nitrogens with zero attached hydrogens (tertiary/aromatic N) is 2. The van der Waals surface area contributed by atoms with Crippen molar-refractivity contribution in [1.82, 2.24) is 5.32 Å². The van der Waals surface area contributed by atoms with Crippen molar-refractivity contribution < 1.29 is 28.2 Å². The van der Waals surface area contributed by atoms with Crippen molar-refractivity contribution in [1.29, 1.82) is 0 Å². The van der Waals surface area contributed by atoms with E-state index in [9.17, 15) is 14.0 Å². The van der Waals surface area contributed by atoms with Crippen molar-refractivity contribution >= 4 is 28.9 Å². The fraction of sp³-hybridized carbons (Fsp3) is 0.440. The molecule has 182 valence electrons. The van der Waals surface area contributed by atoms with Crippen LogP contribution in [-0.2, 0) is 25.5 Å². The number of hydrogen-bond acceptors (Lipinski definition) is 7. The first-order chi connectivity index (χ1) is 17.0. The molecule has 0 spiro atoms. The van der Waals surface area contributed by atoms with E-state index in [1.165, 1.54) is 6.07 Å². The predicted octanol–water partition coefficient (Wildman–Crippen LogP) is 2.06. The topological polar surface area (TPSA) is 92.4 Å². The lowest BCUT2D eigenvalue weighted by Gasteiger charge is -2.37. The fourth-order valence-corrected chi connectivity index (χ4v) is 5.84. The molecule has 2 bridgehead atoms. The smallest absolute Gasteiger partial charge is 0.262 e. The van der Waals surface area contributed by atoms with Crippen LogP contribution in [0.3, 0.4) is 0 Å². The molecular weight excluding hydrogens is 455 g/mol. The van der Waals surface area contributed by atoms with E-state index in [0.717, 1.165) is 16.9 Å². The van der Waals surface area contributed by atoms with Crippen LogP contribution in [0, 0.1) is 5.82 Å². The highest BCUT2D eigenvalue weighted by Crippen LogP contribution is 2.46. The van der Waals surface area contributed by atoms with Gasteiger partial charge in [0.2, 0.25) is 12.3 Å². The number of hydrogen-bond donors (Lipinski definition) is 2. The molecule has 6 aliphatic rings. The zero-order valence-electron chi connectivity index (χ0n) is 19.0. The van der Waals surface area contributed by atoms with Gasteiger partial charge < -0.3 is 34.6 Å². The van der Waals surface area contributed by atoms with Gasteiger partial charge in [0.25, 0.3) is 5.91 Å². The summed E-state index contributed by atoms with van der Waals surface area (Å²) < 4.78 is 32.2. The van der Waals surface area contributed by atoms with Crippen molar-refractivity contribution in [3.8, 4) is 5.75 Å². The van der Waals surface area contributed by atoms with Crippen molar-refractivity contribution in [3.63, 3.8) is 0 Å². The first-order valence-corrected chi connectivity index (χ1v) is 12.0. The Balaban J connectivity index is 0.972. The average molecular weight is 480 g/mol. The summed E-state index contributed by atoms with van der Waals surface area (Å²) in [5, 5.41) is 6.25. The molecule has 1 unspecified atom stereocenters. The minimum absolute atomic E-state index is 0.0234. The van der Waals surface area contributed by atoms with E-state index < -0.39 is 12.2 Å². The average Bonchev–Trinajstić information content (AvgIpc) is 3.51. The summed E-state index contributed by atoms with van der Waals surface area (Å²) in [5.41, 5.74) is 4.04. The molecule has 0 radical (unpaired) electrons. The lowest BCUT2D eigenvalue weighted by molar-refractivity contribution is -0.405. The molecule has 0 saturated carbocycles. The predicted molar refractivity (Wildman–Crippen MR) is 124 cm³/mol. The summed E-state index contributed by atoms with van der Waals surface area (Å²) in [6, 6.07) is 8.96. The molecule has 10 heteroatoms. The number of fused-ring (bicyclic) bond motifs is 2. The molecule has 3 fully saturated rings. The van der Waals surface area contributed by atoms with Gasteiger partial charge in [0.05, 0.1) is 17.9 Å². The molecule has 9 nitrogen and oxygen atoms in total. The minimum Gasteiger partial charge on any atom is -0.482 e. The molecule has 6 heterocycles. The highest BCUT2D eigenvalue weighted by atomic mass is 19.1. The number of aryl methyl sites for hydroxylation is 1. The van der Waals surface area contributed by atoms with Crippen LogP contribution in [0.15, 0.2) is 30.3 Å². The number of amides is 2. The number of rotatable bonds is 6. The van der Waals surface area contributed by atoms with Gasteiger partial charge >= 0.3 is 0 Å². The SMILES string of the molecule is O=C1COc2ccc(N3CC4(CCNCC5CN6C(=O)CCc7ccc(F)c5c76)OC3O4)cc2N1. The number of nitrogens with one attached hydrogen (secondary N) is 2. The Morgan fingerprint density at radius 2 is 2.06 bits per heavy atom. The number of benzene rings is 2. The van der Waals surface area contributed by atoms with Crippen molar-refractivity contribution in [2.24, 2.45) is 0 Å². The maximum atomic E-state index is 14.7. The third-order valence-electron chi connectivity index (χ3n) is 7.54. The Morgan fingerprint density at radius 1 is 1.17 bits per heavy atom. The molecule has 0 aliphatic carbocycles. The Hall–Kier alpha value is -3.21. The lowest BCUT2D eigenvalue weighted by atomic mass is 9.95. The second-order valence-electron chi connectivity index (χ2n) is 9.72. The van der Waals surface area contributed by atoms with Crippen LogP contribution < -0.4 is 25.2 Å². The molecular formula is C25H25FN4O5. The van der Waals surface area contributed by atoms with E-state index in [2.05, 4.69) is 10.6 Å². The molecule has 2 aromatic carbocycles. The van der Waals surface area contributed by atoms with E-state index in [4.69, 9.17) is 14.2 Å². The summed E-state index contributed by atoms with van der Waals surface area (Å²) in [4.78, 5) is 27.8. The zero-order valence-corrected chi connectivity index (χ0v) is 19.0. The molecule has 6 aliphatic heterocycles. The number of ether oxygens (including phenoxy) is 3. The zero-order chi connectivity index (χ0) is 23.7. The third kappa shape index (κ3) is 3.31. The van der Waals surface area contributed by atoms with Gasteiger partial charge in [0.1, 0.15) is 11.6 Å². The normalized spacial score (nSPS) is 27.8. The van der Waals surface area contributed by atoms with Crippen molar-refractivity contribution in [2.45, 2.75) is 37.4 Å². The number of halogens is 1. The van der Waals surface area contributed by atoms with Gasteiger partial charge in [-0.3, -0.25) is 9.59 Å². The van der Waals surface area contributed by atoms with Gasteiger partial charge in [-0.05, 0) is 36.2 Å². The third-order valence-corrected chi connectivity index (χ3v) is 7.54. The van der Waals surface area contributed by atoms with E-state index in [-0.39, 0.29) is 30.2 Å². The van der Waals surface area contributed by atoms with Gasteiger partial charge in [0, 0.05) is 49.6 Å². The Bertz CT molecular complexity index is 1250. The van der Waals surface area contributed by atoms with Crippen molar-refractivity contribution in [3.05, 3.63) is 47.3 Å². The van der Waals surface area contributed by atoms with Crippen LogP contribution in [0.1, 0.15) is 29.9 Å². The monoisotopic (exact) mass is 480 g/mol. The molecule has 0 aromatic heterocycles. The van der Waals surface area contributed by atoms with E-state index >= 15 is 0 Å². The van der Waals surface area contributed by atoms with Crippen LogP contribution in [-0.4, -0.2) is 56.8 Å². The minimum atomic E-state index is -0.690. The number of carbonyl (C=O) groups excluding carboxylic acids is 2. The van der Waals surface area contributed by atoms with E-state index in [0.29, 0.717) is 62.4 Å². The van der Waals surface area contributed by atoms with Gasteiger partial charge in [-0.25, -0.2) is 4.39 Å². The Morgan fingerprint density at radius 3 is 2.94 bits per heavy atom. The van der Waals surface area contributed by atoms with Gasteiger partial charge in [-0.15, -0.1) is 0 Å². The summed E-state index contributed by atoms with van der Waals surface area (Å²) >= 11 is 0. The second-order valence-corrected chi connectivity index (χ2v) is 9.72. The summed E-state index contributed by atoms with van der Waals surface area (Å²) in [7, 11) is 0. The van der Waals surface area contributed by atoms with Crippen molar-refractivity contribution in [2.75, 3.05) is 47.9 Å². The lowest BCUT2D eigenvalue weighted by Crippen LogP contribution is -2.49. The molecule has 35 heavy (non-hydrogen) atoms. The summed E-state index contributed by atoms with van der Waals surface area (Å²) in [6.45, 7) is 2.32. The fourth-order valence-electron chi connectivity index (χ4n) is 5.84. The van der Waals surface area contributed by atoms with Crippen LogP contribution in [0.25, 0.3) is 0 Å². The highest BCUT2D eigenvalue weighted by Gasteiger charge is 2.58. The number of carbonyl (C=O) groups is 2. The Kier molecular flexibility index (Phi) is 4.61. The summed E-state index contributed by atoms with van der Waals surface area (Å²) in [6.07, 6.45) is 1.34. The molecule has 1 atom stereocenters.